The molecule has 6 nitrogen and oxygen atoms in total. The van der Waals surface area contributed by atoms with Crippen molar-refractivity contribution in [3.63, 3.8) is 0 Å². The molecule has 0 N–H and O–H groups in total. The second-order valence-electron chi connectivity index (χ2n) is 4.29. The number of hydrogen-bond acceptors (Lipinski definition) is 6. The van der Waals surface area contributed by atoms with E-state index in [4.69, 9.17) is 27.9 Å². The molecule has 2 aromatic heterocycles. The number of hydrogen-bond donors (Lipinski definition) is 0. The Kier molecular flexibility index (Phi) is 4.45. The Hall–Kier alpha value is -2.57. The fourth-order valence-electron chi connectivity index (χ4n) is 1.78. The molecule has 0 aliphatic heterocycles. The number of para-hydroxylation sites is 1. The first kappa shape index (κ1) is 15.3. The van der Waals surface area contributed by atoms with Gasteiger partial charge in [0.05, 0.1) is 5.56 Å². The molecule has 0 aliphatic carbocycles. The lowest BCUT2D eigenvalue weighted by atomic mass is 10.2. The lowest BCUT2D eigenvalue weighted by Crippen LogP contribution is -1.99. The number of nitrogens with zero attached hydrogens (tertiary/aromatic N) is 4. The zero-order valence-electron chi connectivity index (χ0n) is 11.5. The van der Waals surface area contributed by atoms with Crippen LogP contribution in [0, 0.1) is 0 Å². The third kappa shape index (κ3) is 3.28. The molecule has 2 heterocycles. The summed E-state index contributed by atoms with van der Waals surface area (Å²) >= 11 is 12.3. The molecule has 3 aromatic rings. The van der Waals surface area contributed by atoms with Crippen LogP contribution in [-0.2, 0) is 0 Å². The molecule has 3 rings (SSSR count). The predicted octanol–water partition coefficient (Wildman–Crippen LogP) is 3.85. The predicted molar refractivity (Wildman–Crippen MR) is 85.0 cm³/mol. The minimum absolute atomic E-state index is 0.00634. The van der Waals surface area contributed by atoms with Gasteiger partial charge in [-0.05, 0) is 18.2 Å². The van der Waals surface area contributed by atoms with Gasteiger partial charge in [0.15, 0.2) is 22.4 Å². The van der Waals surface area contributed by atoms with Gasteiger partial charge in [-0.3, -0.25) is 4.79 Å². The quantitative estimate of drug-likeness (QED) is 0.527. The Morgan fingerprint density at radius 2 is 1.57 bits per heavy atom. The molecule has 0 saturated carbocycles. The third-order valence-electron chi connectivity index (χ3n) is 2.81. The number of aromatic nitrogens is 4. The summed E-state index contributed by atoms with van der Waals surface area (Å²) in [6.45, 7) is 0. The number of halogens is 2. The summed E-state index contributed by atoms with van der Waals surface area (Å²) in [7, 11) is 0. The van der Waals surface area contributed by atoms with E-state index in [1.807, 2.05) is 0 Å². The van der Waals surface area contributed by atoms with Crippen molar-refractivity contribution in [1.29, 1.82) is 0 Å². The van der Waals surface area contributed by atoms with E-state index in [0.29, 0.717) is 17.6 Å². The average Bonchev–Trinajstić information content (AvgIpc) is 2.59. The van der Waals surface area contributed by atoms with Gasteiger partial charge < -0.3 is 4.74 Å². The number of benzene rings is 1. The Balaban J connectivity index is 2.00. The van der Waals surface area contributed by atoms with Crippen molar-refractivity contribution >= 4 is 29.5 Å². The van der Waals surface area contributed by atoms with Crippen LogP contribution in [0.15, 0.2) is 42.7 Å². The van der Waals surface area contributed by atoms with Crippen LogP contribution in [0.4, 0.5) is 0 Å². The molecule has 114 valence electrons. The SMILES string of the molecule is O=Cc1ccccc1Oc1c(Cl)nc(-c2ncccn2)nc1Cl. The van der Waals surface area contributed by atoms with Crippen molar-refractivity contribution in [3.8, 4) is 23.1 Å². The summed E-state index contributed by atoms with van der Waals surface area (Å²) in [6, 6.07) is 8.33. The lowest BCUT2D eigenvalue weighted by molar-refractivity contribution is 0.112. The summed E-state index contributed by atoms with van der Waals surface area (Å²) in [4.78, 5) is 27.3. The van der Waals surface area contributed by atoms with Crippen molar-refractivity contribution in [1.82, 2.24) is 19.9 Å². The van der Waals surface area contributed by atoms with Crippen molar-refractivity contribution in [2.24, 2.45) is 0 Å². The van der Waals surface area contributed by atoms with Gasteiger partial charge in [-0.1, -0.05) is 35.3 Å². The van der Waals surface area contributed by atoms with E-state index in [2.05, 4.69) is 19.9 Å². The Morgan fingerprint density at radius 1 is 0.913 bits per heavy atom. The van der Waals surface area contributed by atoms with Crippen LogP contribution in [0.3, 0.4) is 0 Å². The molecule has 0 spiro atoms. The maximum absolute atomic E-state index is 11.0. The molecule has 0 amide bonds. The minimum Gasteiger partial charge on any atom is -0.450 e. The molecule has 0 atom stereocenters. The summed E-state index contributed by atoms with van der Waals surface area (Å²) in [5, 5.41) is -0.0127. The monoisotopic (exact) mass is 346 g/mol. The Bertz CT molecular complexity index is 836. The highest BCUT2D eigenvalue weighted by molar-refractivity contribution is 6.35. The molecule has 23 heavy (non-hydrogen) atoms. The Morgan fingerprint density at radius 3 is 2.22 bits per heavy atom. The standard InChI is InChI=1S/C15H8Cl2N4O2/c16-12-11(23-10-5-2-1-4-9(10)8-22)13(17)21-15(20-12)14-18-6-3-7-19-14/h1-8H. The fourth-order valence-corrected chi connectivity index (χ4v) is 2.24. The van der Waals surface area contributed by atoms with Gasteiger partial charge in [0.25, 0.3) is 0 Å². The van der Waals surface area contributed by atoms with Gasteiger partial charge in [0.1, 0.15) is 5.75 Å². The number of ether oxygens (including phenoxy) is 1. The van der Waals surface area contributed by atoms with Crippen molar-refractivity contribution in [2.75, 3.05) is 0 Å². The van der Waals surface area contributed by atoms with Gasteiger partial charge in [-0.2, -0.15) is 0 Å². The molecule has 0 aliphatic rings. The van der Waals surface area contributed by atoms with Gasteiger partial charge in [-0.15, -0.1) is 0 Å². The number of aldehydes is 1. The van der Waals surface area contributed by atoms with Crippen LogP contribution < -0.4 is 4.74 Å². The van der Waals surface area contributed by atoms with Gasteiger partial charge >= 0.3 is 0 Å². The van der Waals surface area contributed by atoms with E-state index < -0.39 is 0 Å². The number of carbonyl (C=O) groups is 1. The number of carbonyl (C=O) groups excluding carboxylic acids is 1. The molecule has 0 saturated heterocycles. The molecular weight excluding hydrogens is 339 g/mol. The summed E-state index contributed by atoms with van der Waals surface area (Å²) in [6.07, 6.45) is 3.78. The first-order chi connectivity index (χ1) is 11.2. The zero-order valence-corrected chi connectivity index (χ0v) is 13.0. The second kappa shape index (κ2) is 6.68. The maximum atomic E-state index is 11.0. The summed E-state index contributed by atoms with van der Waals surface area (Å²) in [5.41, 5.74) is 0.357. The van der Waals surface area contributed by atoms with Crippen LogP contribution in [0.5, 0.6) is 11.5 Å². The molecular formula is C15H8Cl2N4O2. The third-order valence-corrected chi connectivity index (χ3v) is 3.32. The van der Waals surface area contributed by atoms with E-state index in [1.54, 1.807) is 42.7 Å². The van der Waals surface area contributed by atoms with E-state index >= 15 is 0 Å². The van der Waals surface area contributed by atoms with E-state index in [-0.39, 0.29) is 27.7 Å². The van der Waals surface area contributed by atoms with Gasteiger partial charge in [0, 0.05) is 12.4 Å². The molecule has 0 fully saturated rings. The summed E-state index contributed by atoms with van der Waals surface area (Å²) in [5.74, 6) is 0.827. The van der Waals surface area contributed by atoms with Crippen molar-refractivity contribution in [2.45, 2.75) is 0 Å². The zero-order chi connectivity index (χ0) is 16.2. The van der Waals surface area contributed by atoms with E-state index in [0.717, 1.165) is 0 Å². The highest BCUT2D eigenvalue weighted by Crippen LogP contribution is 2.35. The normalized spacial score (nSPS) is 10.3. The Labute approximate surface area is 141 Å². The second-order valence-corrected chi connectivity index (χ2v) is 5.00. The van der Waals surface area contributed by atoms with E-state index in [9.17, 15) is 4.79 Å². The van der Waals surface area contributed by atoms with Crippen LogP contribution in [-0.4, -0.2) is 26.2 Å². The smallest absolute Gasteiger partial charge is 0.202 e. The minimum atomic E-state index is -0.00634. The van der Waals surface area contributed by atoms with Gasteiger partial charge in [-0.25, -0.2) is 19.9 Å². The van der Waals surface area contributed by atoms with Crippen molar-refractivity contribution < 1.29 is 9.53 Å². The van der Waals surface area contributed by atoms with Crippen LogP contribution in [0.25, 0.3) is 11.6 Å². The van der Waals surface area contributed by atoms with Crippen LogP contribution >= 0.6 is 23.2 Å². The highest BCUT2D eigenvalue weighted by Gasteiger charge is 2.17. The van der Waals surface area contributed by atoms with Crippen LogP contribution in [0.1, 0.15) is 10.4 Å². The summed E-state index contributed by atoms with van der Waals surface area (Å²) < 4.78 is 5.59. The number of rotatable bonds is 4. The maximum Gasteiger partial charge on any atom is 0.202 e. The van der Waals surface area contributed by atoms with Gasteiger partial charge in [0.2, 0.25) is 11.6 Å². The largest absolute Gasteiger partial charge is 0.450 e. The molecule has 8 heteroatoms. The topological polar surface area (TPSA) is 77.9 Å². The molecule has 1 aromatic carbocycles. The average molecular weight is 347 g/mol. The van der Waals surface area contributed by atoms with Crippen molar-refractivity contribution in [3.05, 3.63) is 58.6 Å². The fraction of sp³-hybridized carbons (Fsp3) is 0. The van der Waals surface area contributed by atoms with Crippen LogP contribution in [0.2, 0.25) is 10.3 Å². The lowest BCUT2D eigenvalue weighted by Gasteiger charge is -2.10. The highest BCUT2D eigenvalue weighted by atomic mass is 35.5. The molecule has 0 radical (unpaired) electrons. The first-order valence-electron chi connectivity index (χ1n) is 6.41. The molecule has 0 unspecified atom stereocenters. The molecule has 0 bridgehead atoms. The first-order valence-corrected chi connectivity index (χ1v) is 7.17. The van der Waals surface area contributed by atoms with E-state index in [1.165, 1.54) is 0 Å².